The van der Waals surface area contributed by atoms with Gasteiger partial charge in [-0.05, 0) is 128 Å². The molecular formula is C39H48ClN3O4. The number of hydrogen-bond donors (Lipinski definition) is 2. The molecular weight excluding hydrogens is 610 g/mol. The molecule has 4 aliphatic rings. The Kier molecular flexibility index (Phi) is 9.14. The highest BCUT2D eigenvalue weighted by molar-refractivity contribution is 6.30. The molecule has 0 bridgehead atoms. The molecule has 1 unspecified atom stereocenters. The number of halogens is 1. The van der Waals surface area contributed by atoms with E-state index in [9.17, 15) is 4.79 Å². The molecule has 1 saturated carbocycles. The molecule has 1 aromatic heterocycles. The Hall–Kier alpha value is -3.29. The average molecular weight is 658 g/mol. The minimum absolute atomic E-state index is 0.0568. The second-order valence-corrected chi connectivity index (χ2v) is 15.0. The predicted octanol–water partition coefficient (Wildman–Crippen LogP) is 7.64. The first-order valence-corrected chi connectivity index (χ1v) is 17.9. The number of aromatic nitrogens is 1. The SMILES string of the molecule is COC(=O)C1(Nc2cccc(Cl)c2)CCC2(CC1)c1cc(OC3CNC3)ccc1CC2C[C@@H](C)COc1ccnc2c1[C@H](C)CCC2. The Morgan fingerprint density at radius 3 is 2.70 bits per heavy atom. The van der Waals surface area contributed by atoms with Crippen molar-refractivity contribution >= 4 is 23.3 Å². The number of nitrogens with zero attached hydrogens (tertiary/aromatic N) is 1. The molecule has 3 aliphatic carbocycles. The maximum atomic E-state index is 13.5. The van der Waals surface area contributed by atoms with Gasteiger partial charge in [0.1, 0.15) is 23.1 Å². The molecule has 7 nitrogen and oxygen atoms in total. The van der Waals surface area contributed by atoms with Crippen LogP contribution in [0.1, 0.15) is 87.1 Å². The van der Waals surface area contributed by atoms with Crippen LogP contribution in [0.5, 0.6) is 11.5 Å². The first-order valence-electron chi connectivity index (χ1n) is 17.5. The number of rotatable bonds is 10. The lowest BCUT2D eigenvalue weighted by Gasteiger charge is -2.48. The van der Waals surface area contributed by atoms with Crippen molar-refractivity contribution in [3.8, 4) is 11.5 Å². The Morgan fingerprint density at radius 2 is 1.96 bits per heavy atom. The van der Waals surface area contributed by atoms with E-state index in [0.29, 0.717) is 42.2 Å². The molecule has 3 aromatic rings. The summed E-state index contributed by atoms with van der Waals surface area (Å²) in [6.07, 6.45) is 10.7. The van der Waals surface area contributed by atoms with Crippen LogP contribution in [0.2, 0.25) is 5.02 Å². The van der Waals surface area contributed by atoms with Crippen LogP contribution in [0.25, 0.3) is 0 Å². The highest BCUT2D eigenvalue weighted by atomic mass is 35.5. The predicted molar refractivity (Wildman–Crippen MR) is 186 cm³/mol. The van der Waals surface area contributed by atoms with Gasteiger partial charge >= 0.3 is 5.97 Å². The average Bonchev–Trinajstić information content (AvgIpc) is 3.34. The van der Waals surface area contributed by atoms with E-state index in [1.165, 1.54) is 42.3 Å². The zero-order valence-electron chi connectivity index (χ0n) is 27.9. The molecule has 1 spiro atoms. The fourth-order valence-corrected chi connectivity index (χ4v) is 9.06. The summed E-state index contributed by atoms with van der Waals surface area (Å²) in [7, 11) is 1.49. The molecule has 1 saturated heterocycles. The molecule has 2 aromatic carbocycles. The lowest BCUT2D eigenvalue weighted by atomic mass is 9.59. The van der Waals surface area contributed by atoms with Crippen molar-refractivity contribution < 1.29 is 19.0 Å². The van der Waals surface area contributed by atoms with E-state index >= 15 is 0 Å². The van der Waals surface area contributed by atoms with Crippen LogP contribution in [0.3, 0.4) is 0 Å². The van der Waals surface area contributed by atoms with Crippen LogP contribution >= 0.6 is 11.6 Å². The number of fused-ring (bicyclic) bond motifs is 3. The van der Waals surface area contributed by atoms with Crippen LogP contribution in [-0.4, -0.2) is 49.4 Å². The van der Waals surface area contributed by atoms with Gasteiger partial charge in [-0.2, -0.15) is 0 Å². The van der Waals surface area contributed by atoms with Crippen molar-refractivity contribution in [3.05, 3.63) is 82.1 Å². The van der Waals surface area contributed by atoms with Crippen LogP contribution in [-0.2, 0) is 27.8 Å². The summed E-state index contributed by atoms with van der Waals surface area (Å²) >= 11 is 6.33. The minimum Gasteiger partial charge on any atom is -0.493 e. The quantitative estimate of drug-likeness (QED) is 0.217. The molecule has 2 N–H and O–H groups in total. The first-order chi connectivity index (χ1) is 22.8. The summed E-state index contributed by atoms with van der Waals surface area (Å²) in [5, 5.41) is 7.53. The van der Waals surface area contributed by atoms with E-state index in [1.807, 2.05) is 30.5 Å². The third-order valence-electron chi connectivity index (χ3n) is 11.5. The molecule has 1 aliphatic heterocycles. The lowest BCUT2D eigenvalue weighted by molar-refractivity contribution is -0.148. The van der Waals surface area contributed by atoms with Crippen LogP contribution in [0.15, 0.2) is 54.7 Å². The van der Waals surface area contributed by atoms with E-state index in [0.717, 1.165) is 62.4 Å². The van der Waals surface area contributed by atoms with Crippen molar-refractivity contribution in [3.63, 3.8) is 0 Å². The highest BCUT2D eigenvalue weighted by Gasteiger charge is 2.54. The summed E-state index contributed by atoms with van der Waals surface area (Å²) in [5.41, 5.74) is 5.30. The largest absolute Gasteiger partial charge is 0.493 e. The molecule has 0 amide bonds. The van der Waals surface area contributed by atoms with Gasteiger partial charge in [0.15, 0.2) is 0 Å². The number of aryl methyl sites for hydroxylation is 1. The Labute approximate surface area is 284 Å². The maximum absolute atomic E-state index is 13.5. The molecule has 47 heavy (non-hydrogen) atoms. The van der Waals surface area contributed by atoms with E-state index in [4.69, 9.17) is 25.8 Å². The molecule has 250 valence electrons. The molecule has 3 atom stereocenters. The van der Waals surface area contributed by atoms with Gasteiger partial charge in [-0.15, -0.1) is 0 Å². The third-order valence-corrected chi connectivity index (χ3v) is 11.7. The lowest BCUT2D eigenvalue weighted by Crippen LogP contribution is -2.53. The zero-order valence-corrected chi connectivity index (χ0v) is 28.7. The van der Waals surface area contributed by atoms with Gasteiger partial charge < -0.3 is 24.8 Å². The van der Waals surface area contributed by atoms with Crippen LogP contribution < -0.4 is 20.1 Å². The molecule has 2 heterocycles. The second-order valence-electron chi connectivity index (χ2n) is 14.6. The monoisotopic (exact) mass is 657 g/mol. The third kappa shape index (κ3) is 6.33. The van der Waals surface area contributed by atoms with E-state index in [-0.39, 0.29) is 17.5 Å². The Bertz CT molecular complexity index is 1600. The van der Waals surface area contributed by atoms with Gasteiger partial charge in [0.25, 0.3) is 0 Å². The summed E-state index contributed by atoms with van der Waals surface area (Å²) in [4.78, 5) is 18.2. The van der Waals surface area contributed by atoms with Gasteiger partial charge in [-0.3, -0.25) is 4.98 Å². The molecule has 0 radical (unpaired) electrons. The highest BCUT2D eigenvalue weighted by Crippen LogP contribution is 2.57. The fraction of sp³-hybridized carbons (Fsp3) is 0.538. The van der Waals surface area contributed by atoms with Gasteiger partial charge in [0.05, 0.1) is 13.7 Å². The van der Waals surface area contributed by atoms with Crippen molar-refractivity contribution in [2.75, 3.05) is 32.1 Å². The Morgan fingerprint density at radius 1 is 1.13 bits per heavy atom. The fourth-order valence-electron chi connectivity index (χ4n) is 8.87. The standard InChI is InChI=1S/C39H48ClN3O4/c1-25(24-46-35-12-17-42-34-9-4-6-26(2)36(34)35)18-28-19-27-10-11-31(47-32-22-41-23-32)21-33(27)38(28)13-15-39(16-14-38,37(44)45-3)43-30-8-5-7-29(40)20-30/h5,7-8,10-12,17,20-21,25-26,28,32,41,43H,4,6,9,13-16,18-19,22-24H2,1-3H3/t25-,26-,28?,38?,39?/m1/s1. The van der Waals surface area contributed by atoms with Crippen molar-refractivity contribution in [1.29, 1.82) is 0 Å². The molecule has 2 fully saturated rings. The summed E-state index contributed by atoms with van der Waals surface area (Å²) in [6, 6.07) is 16.4. The van der Waals surface area contributed by atoms with Crippen molar-refractivity contribution in [1.82, 2.24) is 10.3 Å². The van der Waals surface area contributed by atoms with Gasteiger partial charge in [-0.25, -0.2) is 4.79 Å². The number of carbonyl (C=O) groups is 1. The summed E-state index contributed by atoms with van der Waals surface area (Å²) < 4.78 is 18.4. The van der Waals surface area contributed by atoms with E-state index in [2.05, 4.69) is 53.7 Å². The van der Waals surface area contributed by atoms with E-state index < -0.39 is 5.54 Å². The van der Waals surface area contributed by atoms with E-state index in [1.54, 1.807) is 0 Å². The Balaban J connectivity index is 1.13. The summed E-state index contributed by atoms with van der Waals surface area (Å²) in [6.45, 7) is 7.08. The smallest absolute Gasteiger partial charge is 0.331 e. The molecule has 7 rings (SSSR count). The number of ether oxygens (including phenoxy) is 3. The number of methoxy groups -OCH3 is 1. The number of hydrogen-bond acceptors (Lipinski definition) is 7. The van der Waals surface area contributed by atoms with Gasteiger partial charge in [0.2, 0.25) is 0 Å². The number of benzene rings is 2. The number of esters is 1. The van der Waals surface area contributed by atoms with Crippen molar-refractivity contribution in [2.45, 2.75) is 94.6 Å². The number of carbonyl (C=O) groups excluding carboxylic acids is 1. The number of nitrogens with one attached hydrogen (secondary N) is 2. The number of pyridine rings is 1. The second kappa shape index (κ2) is 13.3. The maximum Gasteiger partial charge on any atom is 0.331 e. The first kappa shape index (κ1) is 32.3. The molecule has 8 heteroatoms. The zero-order chi connectivity index (χ0) is 32.6. The normalized spacial score (nSPS) is 27.3. The van der Waals surface area contributed by atoms with Crippen LogP contribution in [0, 0.1) is 11.8 Å². The van der Waals surface area contributed by atoms with Crippen molar-refractivity contribution in [2.24, 2.45) is 11.8 Å². The van der Waals surface area contributed by atoms with Crippen LogP contribution in [0.4, 0.5) is 5.69 Å². The van der Waals surface area contributed by atoms with Gasteiger partial charge in [0, 0.05) is 41.3 Å². The summed E-state index contributed by atoms with van der Waals surface area (Å²) in [5.74, 6) is 3.03. The van der Waals surface area contributed by atoms with Gasteiger partial charge in [-0.1, -0.05) is 37.6 Å². The minimum atomic E-state index is -0.810. The topological polar surface area (TPSA) is 81.7 Å². The number of anilines is 1.